The molecule has 2 fully saturated rings. The number of hydrogen-bond acceptors (Lipinski definition) is 7. The number of ether oxygens (including phenoxy) is 2. The van der Waals surface area contributed by atoms with Gasteiger partial charge in [0.15, 0.2) is 23.2 Å². The molecule has 15 heteroatoms. The van der Waals surface area contributed by atoms with E-state index in [2.05, 4.69) is 21.3 Å². The molecule has 2 saturated heterocycles. The number of benzene rings is 1. The number of nitrogens with one attached hydrogen (secondary N) is 4. The van der Waals surface area contributed by atoms with Gasteiger partial charge in [-0.25, -0.2) is 8.78 Å². The Morgan fingerprint density at radius 1 is 1.02 bits per heavy atom. The van der Waals surface area contributed by atoms with Crippen LogP contribution in [0.1, 0.15) is 46.0 Å². The normalized spacial score (nSPS) is 19.9. The first kappa shape index (κ1) is 32.8. The first-order valence-electron chi connectivity index (χ1n) is 13.6. The van der Waals surface area contributed by atoms with Crippen LogP contribution in [0.5, 0.6) is 5.75 Å². The lowest BCUT2D eigenvalue weighted by Gasteiger charge is -2.26. The van der Waals surface area contributed by atoms with E-state index in [4.69, 9.17) is 9.47 Å². The molecule has 4 N–H and O–H groups in total. The Bertz CT molecular complexity index is 1170. The monoisotopic (exact) mass is 602 g/mol. The van der Waals surface area contributed by atoms with Gasteiger partial charge in [0, 0.05) is 25.1 Å². The van der Waals surface area contributed by atoms with Gasteiger partial charge in [0.05, 0.1) is 18.7 Å². The van der Waals surface area contributed by atoms with Crippen molar-refractivity contribution in [1.29, 1.82) is 0 Å². The van der Waals surface area contributed by atoms with Crippen molar-refractivity contribution in [2.45, 2.75) is 64.1 Å². The van der Waals surface area contributed by atoms with E-state index >= 15 is 0 Å². The van der Waals surface area contributed by atoms with Crippen LogP contribution in [-0.2, 0) is 28.7 Å². The number of hydrogen-bond donors (Lipinski definition) is 4. The third kappa shape index (κ3) is 8.87. The zero-order chi connectivity index (χ0) is 31.0. The largest absolute Gasteiger partial charge is 0.479 e. The number of amides is 4. The summed E-state index contributed by atoms with van der Waals surface area (Å²) in [6, 6.07) is -3.11. The van der Waals surface area contributed by atoms with Crippen LogP contribution < -0.4 is 26.0 Å². The zero-order valence-corrected chi connectivity index (χ0v) is 23.2. The highest BCUT2D eigenvalue weighted by atomic mass is 19.2. The summed E-state index contributed by atoms with van der Waals surface area (Å²) < 4.78 is 65.2. The molecule has 3 rings (SSSR count). The maximum absolute atomic E-state index is 14.0. The molecule has 0 bridgehead atoms. The molecule has 0 saturated carbocycles. The topological polar surface area (TPSA) is 152 Å². The van der Waals surface area contributed by atoms with E-state index in [0.29, 0.717) is 32.4 Å². The molecular formula is C27H34F4N4O7. The van der Waals surface area contributed by atoms with Gasteiger partial charge in [-0.05, 0) is 38.0 Å². The Labute approximate surface area is 239 Å². The predicted molar refractivity (Wildman–Crippen MR) is 138 cm³/mol. The third-order valence-corrected chi connectivity index (χ3v) is 6.85. The van der Waals surface area contributed by atoms with Gasteiger partial charge in [-0.2, -0.15) is 8.78 Å². The summed E-state index contributed by atoms with van der Waals surface area (Å²) >= 11 is 0. The fourth-order valence-corrected chi connectivity index (χ4v) is 4.65. The van der Waals surface area contributed by atoms with E-state index in [1.54, 1.807) is 13.8 Å². The van der Waals surface area contributed by atoms with Crippen LogP contribution in [0, 0.1) is 35.1 Å². The second kappa shape index (κ2) is 14.9. The van der Waals surface area contributed by atoms with Gasteiger partial charge < -0.3 is 30.7 Å². The van der Waals surface area contributed by atoms with Crippen molar-refractivity contribution in [1.82, 2.24) is 21.3 Å². The van der Waals surface area contributed by atoms with Crippen LogP contribution in [0.15, 0.2) is 6.07 Å². The summed E-state index contributed by atoms with van der Waals surface area (Å²) in [4.78, 5) is 63.6. The SMILES string of the molecule is CC(C)C[C@H](NC(=O)C(=O)N[C@@H]1CCCOC1)C(=O)N[C@@H](C[C@@H]1CCNC1=O)C(=O)COc1c(F)c(F)cc(F)c1F. The molecule has 11 nitrogen and oxygen atoms in total. The van der Waals surface area contributed by atoms with Crippen LogP contribution in [0.2, 0.25) is 0 Å². The van der Waals surface area contributed by atoms with E-state index < -0.39 is 77.1 Å². The van der Waals surface area contributed by atoms with Crippen molar-refractivity contribution in [3.05, 3.63) is 29.3 Å². The molecule has 0 aromatic heterocycles. The first-order valence-corrected chi connectivity index (χ1v) is 13.6. The summed E-state index contributed by atoms with van der Waals surface area (Å²) in [6.45, 7) is 3.51. The molecule has 1 aromatic rings. The van der Waals surface area contributed by atoms with Crippen molar-refractivity contribution >= 4 is 29.4 Å². The van der Waals surface area contributed by atoms with Crippen molar-refractivity contribution in [3.63, 3.8) is 0 Å². The van der Waals surface area contributed by atoms with E-state index in [1.807, 2.05) is 0 Å². The van der Waals surface area contributed by atoms with E-state index in [-0.39, 0.29) is 43.4 Å². The van der Waals surface area contributed by atoms with Gasteiger partial charge in [0.1, 0.15) is 12.6 Å². The highest BCUT2D eigenvalue weighted by Crippen LogP contribution is 2.27. The van der Waals surface area contributed by atoms with E-state index in [1.165, 1.54) is 0 Å². The lowest BCUT2D eigenvalue weighted by atomic mass is 9.95. The lowest BCUT2D eigenvalue weighted by molar-refractivity contribution is -0.142. The minimum absolute atomic E-state index is 0.0204. The molecule has 0 spiro atoms. The highest BCUT2D eigenvalue weighted by molar-refractivity contribution is 6.35. The van der Waals surface area contributed by atoms with Gasteiger partial charge >= 0.3 is 11.8 Å². The summed E-state index contributed by atoms with van der Waals surface area (Å²) in [6.07, 6.45) is 1.49. The van der Waals surface area contributed by atoms with Crippen LogP contribution in [0.25, 0.3) is 0 Å². The molecule has 4 atom stereocenters. The number of carbonyl (C=O) groups excluding carboxylic acids is 5. The van der Waals surface area contributed by atoms with Gasteiger partial charge in [-0.15, -0.1) is 0 Å². The average molecular weight is 603 g/mol. The molecule has 2 aliphatic rings. The summed E-state index contributed by atoms with van der Waals surface area (Å²) in [5.74, 6) is -13.8. The van der Waals surface area contributed by atoms with Crippen LogP contribution >= 0.6 is 0 Å². The van der Waals surface area contributed by atoms with Crippen molar-refractivity contribution in [2.24, 2.45) is 11.8 Å². The average Bonchev–Trinajstić information content (AvgIpc) is 3.35. The smallest absolute Gasteiger partial charge is 0.309 e. The molecule has 2 heterocycles. The van der Waals surface area contributed by atoms with Crippen molar-refractivity contribution in [2.75, 3.05) is 26.4 Å². The fraction of sp³-hybridized carbons (Fsp3) is 0.593. The number of ketones is 1. The fourth-order valence-electron chi connectivity index (χ4n) is 4.65. The summed E-state index contributed by atoms with van der Waals surface area (Å²) in [5, 5.41) is 9.92. The molecule has 0 radical (unpaired) electrons. The maximum Gasteiger partial charge on any atom is 0.309 e. The van der Waals surface area contributed by atoms with Gasteiger partial charge in [0.25, 0.3) is 0 Å². The standard InChI is InChI=1S/C27H34F4N4O7/c1-13(2)8-19(35-27(40)26(39)33-15-4-3-7-41-11-15)25(38)34-18(9-14-5-6-32-24(14)37)20(36)12-42-23-21(30)16(28)10-17(29)22(23)31/h10,13-15,18-19H,3-9,11-12H2,1-2H3,(H,32,37)(H,33,39)(H,34,38)(H,35,40)/t14-,15+,18-,19-/m0/s1. The minimum Gasteiger partial charge on any atom is -0.479 e. The lowest BCUT2D eigenvalue weighted by Crippen LogP contribution is -2.56. The van der Waals surface area contributed by atoms with Gasteiger partial charge in [-0.1, -0.05) is 13.8 Å². The number of rotatable bonds is 12. The number of carbonyl (C=O) groups is 5. The predicted octanol–water partition coefficient (Wildman–Crippen LogP) is 1.03. The van der Waals surface area contributed by atoms with Gasteiger partial charge in [-0.3, -0.25) is 24.0 Å². The van der Waals surface area contributed by atoms with Crippen molar-refractivity contribution < 1.29 is 51.0 Å². The minimum atomic E-state index is -1.85. The molecule has 232 valence electrons. The van der Waals surface area contributed by atoms with E-state index in [9.17, 15) is 41.5 Å². The second-order valence-electron chi connectivity index (χ2n) is 10.7. The molecular weight excluding hydrogens is 568 g/mol. The molecule has 2 aliphatic heterocycles. The summed E-state index contributed by atoms with van der Waals surface area (Å²) in [7, 11) is 0. The molecule has 0 aliphatic carbocycles. The molecule has 4 amide bonds. The summed E-state index contributed by atoms with van der Waals surface area (Å²) in [5.41, 5.74) is 0. The van der Waals surface area contributed by atoms with Crippen LogP contribution in [-0.4, -0.2) is 73.9 Å². The Kier molecular flexibility index (Phi) is 11.6. The van der Waals surface area contributed by atoms with Crippen LogP contribution in [0.3, 0.4) is 0 Å². The number of Topliss-reactive ketones (excluding diaryl/α,β-unsaturated/α-hetero) is 1. The first-order chi connectivity index (χ1) is 19.9. The second-order valence-corrected chi connectivity index (χ2v) is 10.7. The third-order valence-electron chi connectivity index (χ3n) is 6.85. The quantitative estimate of drug-likeness (QED) is 0.159. The van der Waals surface area contributed by atoms with Gasteiger partial charge in [0.2, 0.25) is 23.4 Å². The Balaban J connectivity index is 1.73. The Morgan fingerprint density at radius 3 is 2.29 bits per heavy atom. The Hall–Kier alpha value is -3.75. The molecule has 0 unspecified atom stereocenters. The van der Waals surface area contributed by atoms with E-state index in [0.717, 1.165) is 0 Å². The number of halogens is 4. The molecule has 42 heavy (non-hydrogen) atoms. The Morgan fingerprint density at radius 2 is 1.71 bits per heavy atom. The zero-order valence-electron chi connectivity index (χ0n) is 23.2. The molecule has 1 aromatic carbocycles. The van der Waals surface area contributed by atoms with Crippen molar-refractivity contribution in [3.8, 4) is 5.75 Å². The highest BCUT2D eigenvalue weighted by Gasteiger charge is 2.34. The maximum atomic E-state index is 14.0. The van der Waals surface area contributed by atoms with Crippen LogP contribution in [0.4, 0.5) is 17.6 Å².